The van der Waals surface area contributed by atoms with Gasteiger partial charge in [-0.3, -0.25) is 4.79 Å². The first-order valence-corrected chi connectivity index (χ1v) is 16.9. The monoisotopic (exact) mass is 574 g/mol. The summed E-state index contributed by atoms with van der Waals surface area (Å²) in [5.41, 5.74) is 2.70. The first kappa shape index (κ1) is 33.9. The highest BCUT2D eigenvalue weighted by Gasteiger charge is 2.55. The van der Waals surface area contributed by atoms with E-state index in [4.69, 9.17) is 4.74 Å². The average molecular weight is 575 g/mol. The molecular weight excluding hydrogens is 512 g/mol. The third kappa shape index (κ3) is 7.70. The van der Waals surface area contributed by atoms with E-state index >= 15 is 0 Å². The fourth-order valence-electron chi connectivity index (χ4n) is 8.99. The minimum Gasteiger partial charge on any atom is -0.453 e. The van der Waals surface area contributed by atoms with Crippen LogP contribution in [0.2, 0.25) is 0 Å². The molecule has 0 bridgehead atoms. The van der Waals surface area contributed by atoms with Gasteiger partial charge in [-0.25, -0.2) is 4.79 Å². The predicted molar refractivity (Wildman–Crippen MR) is 168 cm³/mol. The molecule has 6 atom stereocenters. The Morgan fingerprint density at radius 3 is 2.37 bits per heavy atom. The Labute approximate surface area is 251 Å². The number of rotatable bonds is 4. The molecule has 236 valence electrons. The number of aliphatic hydroxyl groups is 1. The number of aliphatic hydroxyl groups excluding tert-OH is 1. The van der Waals surface area contributed by atoms with E-state index in [-0.39, 0.29) is 24.1 Å². The van der Waals surface area contributed by atoms with E-state index < -0.39 is 0 Å². The van der Waals surface area contributed by atoms with Gasteiger partial charge >= 0.3 is 6.09 Å². The van der Waals surface area contributed by atoms with Crippen molar-refractivity contribution in [3.05, 3.63) is 11.6 Å². The van der Waals surface area contributed by atoms with Crippen molar-refractivity contribution in [1.29, 1.82) is 0 Å². The quantitative estimate of drug-likeness (QED) is 0.347. The lowest BCUT2D eigenvalue weighted by Gasteiger charge is -2.57. The summed E-state index contributed by atoms with van der Waals surface area (Å²) < 4.78 is 4.70. The number of methoxy groups -OCH3 is 1. The molecule has 5 rings (SSSR count). The van der Waals surface area contributed by atoms with Gasteiger partial charge in [-0.1, -0.05) is 59.6 Å². The third-order valence-corrected chi connectivity index (χ3v) is 11.6. The van der Waals surface area contributed by atoms with Gasteiger partial charge < -0.3 is 19.6 Å². The van der Waals surface area contributed by atoms with Crippen LogP contribution < -0.4 is 0 Å². The molecule has 4 aliphatic carbocycles. The highest BCUT2D eigenvalue weighted by molar-refractivity contribution is 5.76. The van der Waals surface area contributed by atoms with Gasteiger partial charge in [0.15, 0.2) is 0 Å². The van der Waals surface area contributed by atoms with Crippen molar-refractivity contribution in [3.63, 3.8) is 0 Å². The fourth-order valence-corrected chi connectivity index (χ4v) is 8.99. The van der Waals surface area contributed by atoms with Crippen molar-refractivity contribution in [3.8, 4) is 0 Å². The fraction of sp³-hybridized carbons (Fsp3) is 0.886. The zero-order valence-electron chi connectivity index (χ0n) is 27.7. The molecular formula is C35H62N2O4. The lowest BCUT2D eigenvalue weighted by Crippen LogP contribution is -2.49. The number of piperidine rings is 1. The summed E-state index contributed by atoms with van der Waals surface area (Å²) in [6.07, 6.45) is 17.3. The molecule has 0 radical (unpaired) electrons. The summed E-state index contributed by atoms with van der Waals surface area (Å²) in [7, 11) is 3.27. The molecule has 2 amide bonds. The van der Waals surface area contributed by atoms with Crippen LogP contribution >= 0.6 is 0 Å². The molecule has 3 saturated carbocycles. The van der Waals surface area contributed by atoms with Crippen LogP contribution in [0.15, 0.2) is 11.6 Å². The Balaban J connectivity index is 0.000000213. The van der Waals surface area contributed by atoms with Crippen molar-refractivity contribution in [2.45, 2.75) is 137 Å². The predicted octanol–water partition coefficient (Wildman–Crippen LogP) is 7.84. The van der Waals surface area contributed by atoms with Crippen molar-refractivity contribution in [1.82, 2.24) is 9.80 Å². The number of hydrogen-bond donors (Lipinski definition) is 1. The normalized spacial score (nSPS) is 34.5. The topological polar surface area (TPSA) is 70.1 Å². The van der Waals surface area contributed by atoms with E-state index in [1.165, 1.54) is 52.1 Å². The molecule has 0 aromatic carbocycles. The highest BCUT2D eigenvalue weighted by atomic mass is 16.5. The van der Waals surface area contributed by atoms with E-state index in [9.17, 15) is 14.7 Å². The summed E-state index contributed by atoms with van der Waals surface area (Å²) >= 11 is 0. The van der Waals surface area contributed by atoms with Gasteiger partial charge in [-0.15, -0.1) is 0 Å². The molecule has 6 heteroatoms. The number of fused-ring (bicyclic) bond motifs is 5. The Morgan fingerprint density at radius 2 is 1.73 bits per heavy atom. The smallest absolute Gasteiger partial charge is 0.409 e. The van der Waals surface area contributed by atoms with Crippen LogP contribution in [0.25, 0.3) is 0 Å². The third-order valence-electron chi connectivity index (χ3n) is 11.6. The molecule has 0 spiro atoms. The van der Waals surface area contributed by atoms with Crippen LogP contribution in [0.5, 0.6) is 0 Å². The van der Waals surface area contributed by atoms with Crippen LogP contribution in [0.1, 0.15) is 125 Å². The minimum atomic E-state index is -0.271. The summed E-state index contributed by atoms with van der Waals surface area (Å²) in [6.45, 7) is 14.7. The van der Waals surface area contributed by atoms with E-state index in [0.29, 0.717) is 36.3 Å². The van der Waals surface area contributed by atoms with Crippen LogP contribution in [-0.4, -0.2) is 66.3 Å². The van der Waals surface area contributed by atoms with Crippen LogP contribution in [0.4, 0.5) is 4.79 Å². The van der Waals surface area contributed by atoms with Crippen LogP contribution in [-0.2, 0) is 9.53 Å². The number of amides is 2. The molecule has 1 aliphatic heterocycles. The average Bonchev–Trinajstić information content (AvgIpc) is 3.39. The van der Waals surface area contributed by atoms with Crippen LogP contribution in [0, 0.1) is 34.5 Å². The van der Waals surface area contributed by atoms with Gasteiger partial charge in [0, 0.05) is 32.6 Å². The van der Waals surface area contributed by atoms with E-state index in [1.807, 2.05) is 25.8 Å². The van der Waals surface area contributed by atoms with Gasteiger partial charge in [0.05, 0.1) is 13.2 Å². The number of allylic oxidation sites excluding steroid dienone is 1. The second kappa shape index (κ2) is 14.8. The molecule has 4 fully saturated rings. The summed E-state index contributed by atoms with van der Waals surface area (Å²) in [5.74, 6) is 3.61. The molecule has 41 heavy (non-hydrogen) atoms. The van der Waals surface area contributed by atoms with Gasteiger partial charge in [-0.2, -0.15) is 0 Å². The molecule has 0 aromatic rings. The summed E-state index contributed by atoms with van der Waals surface area (Å²) in [5, 5.41) is 10.0. The van der Waals surface area contributed by atoms with E-state index in [2.05, 4.69) is 33.8 Å². The summed E-state index contributed by atoms with van der Waals surface area (Å²) in [6, 6.07) is 0.251. The number of carbonyl (C=O) groups excluding carboxylic acids is 2. The maximum atomic E-state index is 12.0. The Kier molecular flexibility index (Phi) is 12.2. The maximum absolute atomic E-state index is 12.0. The number of ether oxygens (including phenoxy) is 1. The first-order chi connectivity index (χ1) is 19.5. The van der Waals surface area contributed by atoms with Gasteiger partial charge in [0.2, 0.25) is 5.91 Å². The number of nitrogens with zero attached hydrogens (tertiary/aromatic N) is 2. The van der Waals surface area contributed by atoms with Crippen LogP contribution in [0.3, 0.4) is 0 Å². The Hall–Kier alpha value is -1.56. The van der Waals surface area contributed by atoms with Crippen molar-refractivity contribution < 1.29 is 19.4 Å². The number of hydrogen-bond acceptors (Lipinski definition) is 4. The zero-order chi connectivity index (χ0) is 30.4. The molecule has 5 unspecified atom stereocenters. The number of likely N-dealkylation sites (tertiary alicyclic amines) is 1. The largest absolute Gasteiger partial charge is 0.453 e. The van der Waals surface area contributed by atoms with Gasteiger partial charge in [-0.05, 0) is 105 Å². The maximum Gasteiger partial charge on any atom is 0.409 e. The number of carbonyl (C=O) groups is 2. The lowest BCUT2D eigenvalue weighted by molar-refractivity contribution is -0.133. The standard InChI is InChI=1S/C19H30O.C14H26N2O3.C2H6/c1-18-9-3-4-16(18)15-6-5-13-12-14(20)7-11-19(13,2)17(15)8-10-18;1-11(2)5-6-13(17)15(3)12-7-9-16(10-8-12)14(18)19-4;1-2/h5,14-17,20H,3-4,6-12H2,1-2H3;11-12H,5-10H2,1-4H3;1-2H3/t14?,15-,16?,17?,18?,19?;;/m0../s1. The van der Waals surface area contributed by atoms with Gasteiger partial charge in [0.25, 0.3) is 0 Å². The molecule has 6 nitrogen and oxygen atoms in total. The highest BCUT2D eigenvalue weighted by Crippen LogP contribution is 2.64. The zero-order valence-corrected chi connectivity index (χ0v) is 27.7. The van der Waals surface area contributed by atoms with Gasteiger partial charge in [0.1, 0.15) is 0 Å². The second-order valence-electron chi connectivity index (χ2n) is 14.4. The van der Waals surface area contributed by atoms with E-state index in [0.717, 1.165) is 49.9 Å². The van der Waals surface area contributed by atoms with Crippen molar-refractivity contribution >= 4 is 12.0 Å². The molecule has 1 heterocycles. The Morgan fingerprint density at radius 1 is 1.05 bits per heavy atom. The molecule has 0 aromatic heterocycles. The first-order valence-electron chi connectivity index (χ1n) is 16.9. The second-order valence-corrected chi connectivity index (χ2v) is 14.4. The molecule has 1 saturated heterocycles. The van der Waals surface area contributed by atoms with Crippen molar-refractivity contribution in [2.24, 2.45) is 34.5 Å². The SMILES string of the molecule is CC.CC12CCCC1[C@@H]1CC=C3CC(O)CCC3(C)C1CC2.COC(=O)N1CCC(N(C)C(=O)CCC(C)C)CC1. The van der Waals surface area contributed by atoms with Crippen molar-refractivity contribution in [2.75, 3.05) is 27.2 Å². The Bertz CT molecular complexity index is 895. The molecule has 5 aliphatic rings. The minimum absolute atomic E-state index is 0.0637. The molecule has 1 N–H and O–H groups in total. The lowest BCUT2D eigenvalue weighted by atomic mass is 9.48. The van der Waals surface area contributed by atoms with E-state index in [1.54, 1.807) is 10.5 Å². The summed E-state index contributed by atoms with van der Waals surface area (Å²) in [4.78, 5) is 27.0.